The third-order valence-corrected chi connectivity index (χ3v) is 6.48. The molecule has 2 aromatic carbocycles. The van der Waals surface area contributed by atoms with Crippen molar-refractivity contribution in [2.45, 2.75) is 6.92 Å². The van der Waals surface area contributed by atoms with Crippen molar-refractivity contribution in [3.05, 3.63) is 52.5 Å². The highest BCUT2D eigenvalue weighted by molar-refractivity contribution is 6.30. The summed E-state index contributed by atoms with van der Waals surface area (Å²) in [5.74, 6) is 1.17. The maximum Gasteiger partial charge on any atom is 0.254 e. The highest BCUT2D eigenvalue weighted by atomic mass is 35.5. The molecule has 31 heavy (non-hydrogen) atoms. The van der Waals surface area contributed by atoms with Crippen molar-refractivity contribution >= 4 is 29.1 Å². The number of halogens is 1. The fourth-order valence-electron chi connectivity index (χ4n) is 4.36. The first-order valence-electron chi connectivity index (χ1n) is 10.5. The fraction of sp³-hybridized carbons (Fsp3) is 0.391. The van der Waals surface area contributed by atoms with Crippen LogP contribution in [0, 0.1) is 12.8 Å². The standard InChI is InChI=1S/C23H24ClN3O4/c1-15-2-4-18(24)11-19(15)25-6-8-26(9-7-25)23(29)17-12-27(13-17)22(28)16-3-5-20-21(10-16)31-14-30-20/h2-5,10-11,17H,6-9,12-14H2,1H3. The van der Waals surface area contributed by atoms with Gasteiger partial charge < -0.3 is 24.2 Å². The van der Waals surface area contributed by atoms with Gasteiger partial charge in [0.1, 0.15) is 0 Å². The largest absolute Gasteiger partial charge is 0.454 e. The maximum absolute atomic E-state index is 12.9. The van der Waals surface area contributed by atoms with E-state index in [1.54, 1.807) is 23.1 Å². The van der Waals surface area contributed by atoms with Gasteiger partial charge in [-0.05, 0) is 42.8 Å². The number of anilines is 1. The summed E-state index contributed by atoms with van der Waals surface area (Å²) >= 11 is 6.16. The summed E-state index contributed by atoms with van der Waals surface area (Å²) in [6.07, 6.45) is 0. The van der Waals surface area contributed by atoms with Crippen LogP contribution in [0.2, 0.25) is 5.02 Å². The molecular weight excluding hydrogens is 418 g/mol. The number of nitrogens with zero attached hydrogens (tertiary/aromatic N) is 3. The molecule has 3 aliphatic rings. The molecule has 3 heterocycles. The molecule has 0 aromatic heterocycles. The van der Waals surface area contributed by atoms with Crippen LogP contribution in [0.15, 0.2) is 36.4 Å². The predicted octanol–water partition coefficient (Wildman–Crippen LogP) is 2.80. The van der Waals surface area contributed by atoms with Gasteiger partial charge in [0.15, 0.2) is 11.5 Å². The number of benzene rings is 2. The van der Waals surface area contributed by atoms with Crippen LogP contribution in [-0.2, 0) is 4.79 Å². The van der Waals surface area contributed by atoms with E-state index < -0.39 is 0 Å². The molecule has 0 unspecified atom stereocenters. The number of carbonyl (C=O) groups is 2. The highest BCUT2D eigenvalue weighted by Crippen LogP contribution is 2.33. The number of likely N-dealkylation sites (tertiary alicyclic amines) is 1. The van der Waals surface area contributed by atoms with Crippen molar-refractivity contribution in [3.63, 3.8) is 0 Å². The smallest absolute Gasteiger partial charge is 0.254 e. The Hall–Kier alpha value is -2.93. The number of piperazine rings is 1. The van der Waals surface area contributed by atoms with Gasteiger partial charge in [0.25, 0.3) is 5.91 Å². The molecule has 8 heteroatoms. The van der Waals surface area contributed by atoms with Gasteiger partial charge in [-0.15, -0.1) is 0 Å². The maximum atomic E-state index is 12.9. The van der Waals surface area contributed by atoms with E-state index in [1.165, 1.54) is 5.56 Å². The van der Waals surface area contributed by atoms with E-state index in [-0.39, 0.29) is 24.5 Å². The van der Waals surface area contributed by atoms with Crippen molar-refractivity contribution in [3.8, 4) is 11.5 Å². The van der Waals surface area contributed by atoms with E-state index in [0.29, 0.717) is 43.2 Å². The third-order valence-electron chi connectivity index (χ3n) is 6.24. The summed E-state index contributed by atoms with van der Waals surface area (Å²) in [5, 5.41) is 0.723. The molecule has 0 spiro atoms. The van der Waals surface area contributed by atoms with Crippen molar-refractivity contribution in [1.82, 2.24) is 9.80 Å². The van der Waals surface area contributed by atoms with Crippen LogP contribution < -0.4 is 14.4 Å². The number of carbonyl (C=O) groups excluding carboxylic acids is 2. The van der Waals surface area contributed by atoms with E-state index >= 15 is 0 Å². The van der Waals surface area contributed by atoms with Crippen LogP contribution in [0.4, 0.5) is 5.69 Å². The molecule has 162 valence electrons. The van der Waals surface area contributed by atoms with Crippen LogP contribution in [0.3, 0.4) is 0 Å². The summed E-state index contributed by atoms with van der Waals surface area (Å²) in [7, 11) is 0. The lowest BCUT2D eigenvalue weighted by Gasteiger charge is -2.43. The van der Waals surface area contributed by atoms with Crippen molar-refractivity contribution in [2.24, 2.45) is 5.92 Å². The summed E-state index contributed by atoms with van der Waals surface area (Å²) in [6.45, 7) is 6.08. The lowest BCUT2D eigenvalue weighted by atomic mass is 9.96. The van der Waals surface area contributed by atoms with E-state index in [2.05, 4.69) is 11.8 Å². The van der Waals surface area contributed by atoms with Gasteiger partial charge in [-0.1, -0.05) is 17.7 Å². The quantitative estimate of drug-likeness (QED) is 0.733. The minimum absolute atomic E-state index is 0.0800. The zero-order chi connectivity index (χ0) is 21.5. The van der Waals surface area contributed by atoms with Crippen molar-refractivity contribution < 1.29 is 19.1 Å². The van der Waals surface area contributed by atoms with Crippen molar-refractivity contribution in [1.29, 1.82) is 0 Å². The first-order valence-corrected chi connectivity index (χ1v) is 10.9. The molecule has 7 nitrogen and oxygen atoms in total. The molecular formula is C23H24ClN3O4. The summed E-state index contributed by atoms with van der Waals surface area (Å²) in [4.78, 5) is 31.5. The van der Waals surface area contributed by atoms with Gasteiger partial charge >= 0.3 is 0 Å². The van der Waals surface area contributed by atoms with Gasteiger partial charge in [0.2, 0.25) is 12.7 Å². The lowest BCUT2D eigenvalue weighted by molar-refractivity contribution is -0.140. The topological polar surface area (TPSA) is 62.3 Å². The lowest BCUT2D eigenvalue weighted by Crippen LogP contribution is -2.59. The molecule has 0 saturated carbocycles. The first kappa shape index (κ1) is 20.0. The van der Waals surface area contributed by atoms with Crippen LogP contribution in [0.1, 0.15) is 15.9 Å². The van der Waals surface area contributed by atoms with Gasteiger partial charge in [-0.25, -0.2) is 0 Å². The molecule has 0 aliphatic carbocycles. The third kappa shape index (κ3) is 3.78. The molecule has 0 atom stereocenters. The van der Waals surface area contributed by atoms with Gasteiger partial charge in [0.05, 0.1) is 5.92 Å². The number of amides is 2. The average molecular weight is 442 g/mol. The number of hydrogen-bond donors (Lipinski definition) is 0. The Bertz CT molecular complexity index is 1030. The zero-order valence-electron chi connectivity index (χ0n) is 17.3. The Morgan fingerprint density at radius 1 is 0.935 bits per heavy atom. The predicted molar refractivity (Wildman–Crippen MR) is 117 cm³/mol. The van der Waals surface area contributed by atoms with E-state index in [9.17, 15) is 9.59 Å². The summed E-state index contributed by atoms with van der Waals surface area (Å²) < 4.78 is 10.6. The van der Waals surface area contributed by atoms with Gasteiger partial charge in [-0.2, -0.15) is 0 Å². The minimum atomic E-state index is -0.127. The van der Waals surface area contributed by atoms with E-state index in [0.717, 1.165) is 23.8 Å². The first-order chi connectivity index (χ1) is 15.0. The van der Waals surface area contributed by atoms with Crippen LogP contribution in [-0.4, -0.2) is 67.7 Å². The number of fused-ring (bicyclic) bond motifs is 1. The zero-order valence-corrected chi connectivity index (χ0v) is 18.1. The van der Waals surface area contributed by atoms with E-state index in [4.69, 9.17) is 21.1 Å². The molecule has 5 rings (SSSR count). The van der Waals surface area contributed by atoms with Crippen molar-refractivity contribution in [2.75, 3.05) is 51.0 Å². The fourth-order valence-corrected chi connectivity index (χ4v) is 4.53. The van der Waals surface area contributed by atoms with Crippen LogP contribution in [0.25, 0.3) is 0 Å². The Labute approximate surface area is 186 Å². The van der Waals surface area contributed by atoms with Gasteiger partial charge in [-0.3, -0.25) is 9.59 Å². The molecule has 2 saturated heterocycles. The second-order valence-corrected chi connectivity index (χ2v) is 8.65. The normalized spacial score (nSPS) is 18.2. The second kappa shape index (κ2) is 7.96. The minimum Gasteiger partial charge on any atom is -0.454 e. The Balaban J connectivity index is 1.14. The number of ether oxygens (including phenoxy) is 2. The molecule has 3 aliphatic heterocycles. The molecule has 2 aromatic rings. The SMILES string of the molecule is Cc1ccc(Cl)cc1N1CCN(C(=O)C2CN(C(=O)c3ccc4c(c3)OCO4)C2)CC1. The Morgan fingerprint density at radius 2 is 1.68 bits per heavy atom. The monoisotopic (exact) mass is 441 g/mol. The second-order valence-electron chi connectivity index (χ2n) is 8.22. The molecule has 2 amide bonds. The Morgan fingerprint density at radius 3 is 2.45 bits per heavy atom. The number of hydrogen-bond acceptors (Lipinski definition) is 5. The molecule has 0 radical (unpaired) electrons. The van der Waals surface area contributed by atoms with Gasteiger partial charge in [0, 0.05) is 55.5 Å². The molecule has 0 N–H and O–H groups in total. The molecule has 0 bridgehead atoms. The van der Waals surface area contributed by atoms with E-state index in [1.807, 2.05) is 23.1 Å². The Kier molecular flexibility index (Phi) is 5.14. The van der Waals surface area contributed by atoms with Crippen LogP contribution in [0.5, 0.6) is 11.5 Å². The summed E-state index contributed by atoms with van der Waals surface area (Å²) in [6, 6.07) is 11.1. The number of rotatable bonds is 3. The average Bonchev–Trinajstić information content (AvgIpc) is 3.22. The number of aryl methyl sites for hydroxylation is 1. The van der Waals surface area contributed by atoms with Crippen LogP contribution >= 0.6 is 11.6 Å². The summed E-state index contributed by atoms with van der Waals surface area (Å²) in [5.41, 5.74) is 2.87. The highest BCUT2D eigenvalue weighted by Gasteiger charge is 2.39. The molecule has 2 fully saturated rings.